The van der Waals surface area contributed by atoms with E-state index in [1.807, 2.05) is 11.3 Å². The second-order valence-corrected chi connectivity index (χ2v) is 15.6. The van der Waals surface area contributed by atoms with E-state index in [0.29, 0.717) is 0 Å². The van der Waals surface area contributed by atoms with Crippen molar-refractivity contribution in [3.63, 3.8) is 0 Å². The fraction of sp³-hybridized carbons (Fsp3) is 0. The Morgan fingerprint density at radius 3 is 1.61 bits per heavy atom. The maximum absolute atomic E-state index is 2.44. The Hall–Kier alpha value is -7.00. The summed E-state index contributed by atoms with van der Waals surface area (Å²) in [4.78, 5) is 2.44. The molecule has 0 aliphatic heterocycles. The van der Waals surface area contributed by atoms with Gasteiger partial charge in [0.1, 0.15) is 0 Å². The molecule has 11 aromatic rings. The van der Waals surface area contributed by atoms with Crippen LogP contribution >= 0.6 is 11.3 Å². The number of fused-ring (bicyclic) bond motifs is 6. The summed E-state index contributed by atoms with van der Waals surface area (Å²) in [5.74, 6) is 0. The van der Waals surface area contributed by atoms with Crippen LogP contribution in [0.25, 0.3) is 85.9 Å². The van der Waals surface area contributed by atoms with E-state index in [1.54, 1.807) is 0 Å². The zero-order valence-electron chi connectivity index (χ0n) is 30.6. The number of rotatable bonds is 6. The van der Waals surface area contributed by atoms with Crippen LogP contribution in [0.15, 0.2) is 212 Å². The minimum Gasteiger partial charge on any atom is -0.310 e. The van der Waals surface area contributed by atoms with Crippen molar-refractivity contribution in [3.05, 3.63) is 212 Å². The molecular formula is C54H35NS. The Morgan fingerprint density at radius 1 is 0.286 bits per heavy atom. The lowest BCUT2D eigenvalue weighted by atomic mass is 9.91. The van der Waals surface area contributed by atoms with Gasteiger partial charge >= 0.3 is 0 Å². The third-order valence-electron chi connectivity index (χ3n) is 11.2. The summed E-state index contributed by atoms with van der Waals surface area (Å²) in [6.07, 6.45) is 0. The molecular weight excluding hydrogens is 695 g/mol. The number of benzene rings is 10. The number of thiophene rings is 1. The second kappa shape index (κ2) is 13.4. The van der Waals surface area contributed by atoms with Crippen LogP contribution < -0.4 is 4.90 Å². The Labute approximate surface area is 330 Å². The Morgan fingerprint density at radius 2 is 0.839 bits per heavy atom. The molecule has 0 spiro atoms. The van der Waals surface area contributed by atoms with E-state index in [2.05, 4.69) is 217 Å². The van der Waals surface area contributed by atoms with Gasteiger partial charge in [0.15, 0.2) is 0 Å². The largest absolute Gasteiger partial charge is 0.310 e. The second-order valence-electron chi connectivity index (χ2n) is 14.5. The van der Waals surface area contributed by atoms with Gasteiger partial charge in [-0.2, -0.15) is 0 Å². The summed E-state index contributed by atoms with van der Waals surface area (Å²) in [6, 6.07) is 77.8. The highest BCUT2D eigenvalue weighted by Crippen LogP contribution is 2.45. The minimum atomic E-state index is 1.11. The molecule has 0 radical (unpaired) electrons. The van der Waals surface area contributed by atoms with Crippen molar-refractivity contribution in [2.24, 2.45) is 0 Å². The first-order valence-corrected chi connectivity index (χ1v) is 20.0. The van der Waals surface area contributed by atoms with Crippen LogP contribution in [0.5, 0.6) is 0 Å². The average molecular weight is 730 g/mol. The molecule has 0 bridgehead atoms. The maximum Gasteiger partial charge on any atom is 0.0476 e. The Kier molecular flexibility index (Phi) is 7.75. The first-order chi connectivity index (χ1) is 27.8. The van der Waals surface area contributed by atoms with Gasteiger partial charge in [-0.05, 0) is 108 Å². The van der Waals surface area contributed by atoms with Crippen molar-refractivity contribution < 1.29 is 0 Å². The molecule has 0 unspecified atom stereocenters. The van der Waals surface area contributed by atoms with Crippen LogP contribution in [0, 0.1) is 0 Å². The van der Waals surface area contributed by atoms with Gasteiger partial charge in [-0.1, -0.05) is 170 Å². The zero-order chi connectivity index (χ0) is 37.0. The van der Waals surface area contributed by atoms with Gasteiger partial charge < -0.3 is 4.90 Å². The van der Waals surface area contributed by atoms with Gasteiger partial charge in [-0.15, -0.1) is 11.3 Å². The van der Waals surface area contributed by atoms with Crippen LogP contribution in [-0.4, -0.2) is 0 Å². The summed E-state index contributed by atoms with van der Waals surface area (Å²) in [7, 11) is 0. The SMILES string of the molecule is c1ccc(-c2cccc3cccc(-c4ccc(N(c5cc(-c6cccc7ccccc67)c6ccccc6c5)c5ccc6c(c5)sc5ccccc56)cc4)c23)cc1. The van der Waals surface area contributed by atoms with Crippen molar-refractivity contribution in [1.29, 1.82) is 0 Å². The number of hydrogen-bond donors (Lipinski definition) is 0. The van der Waals surface area contributed by atoms with Crippen LogP contribution in [0.1, 0.15) is 0 Å². The van der Waals surface area contributed by atoms with E-state index in [4.69, 9.17) is 0 Å². The molecule has 0 amide bonds. The molecule has 0 aliphatic carbocycles. The van der Waals surface area contributed by atoms with E-state index >= 15 is 0 Å². The molecule has 0 atom stereocenters. The lowest BCUT2D eigenvalue weighted by Crippen LogP contribution is -2.10. The topological polar surface area (TPSA) is 3.24 Å². The third-order valence-corrected chi connectivity index (χ3v) is 12.4. The van der Waals surface area contributed by atoms with Crippen LogP contribution in [-0.2, 0) is 0 Å². The van der Waals surface area contributed by atoms with Gasteiger partial charge in [0.05, 0.1) is 0 Å². The summed E-state index contributed by atoms with van der Waals surface area (Å²) in [5.41, 5.74) is 10.7. The standard InChI is InChI=1S/C54H35NS/c1-2-13-37(14-3-1)46-23-11-18-39-19-12-24-47(54(39)46)38-27-29-41(30-28-38)55(42-31-32-50-49-22-8-9-26-52(49)56-53(50)35-42)43-33-40-16-5-7-21-45(40)51(34-43)48-25-10-17-36-15-4-6-20-44(36)48/h1-35H. The lowest BCUT2D eigenvalue weighted by molar-refractivity contribution is 1.30. The van der Waals surface area contributed by atoms with Crippen molar-refractivity contribution >= 4 is 80.9 Å². The third kappa shape index (κ3) is 5.46. The molecule has 2 heteroatoms. The highest BCUT2D eigenvalue weighted by molar-refractivity contribution is 7.25. The predicted octanol–water partition coefficient (Wildman–Crippen LogP) is 16.0. The molecule has 11 rings (SSSR count). The molecule has 0 aliphatic rings. The zero-order valence-corrected chi connectivity index (χ0v) is 31.4. The van der Waals surface area contributed by atoms with Crippen LogP contribution in [0.4, 0.5) is 17.1 Å². The molecule has 262 valence electrons. The van der Waals surface area contributed by atoms with Crippen molar-refractivity contribution in [1.82, 2.24) is 0 Å². The average Bonchev–Trinajstić information content (AvgIpc) is 3.64. The van der Waals surface area contributed by atoms with E-state index < -0.39 is 0 Å². The van der Waals surface area contributed by atoms with Crippen molar-refractivity contribution in [2.45, 2.75) is 0 Å². The van der Waals surface area contributed by atoms with E-state index in [0.717, 1.165) is 17.1 Å². The molecule has 0 N–H and O–H groups in total. The van der Waals surface area contributed by atoms with Crippen LogP contribution in [0.3, 0.4) is 0 Å². The summed E-state index contributed by atoms with van der Waals surface area (Å²) in [6.45, 7) is 0. The molecule has 0 fully saturated rings. The number of anilines is 3. The quantitative estimate of drug-likeness (QED) is 0.165. The Bertz CT molecular complexity index is 3240. The van der Waals surface area contributed by atoms with Crippen LogP contribution in [0.2, 0.25) is 0 Å². The van der Waals surface area contributed by atoms with E-state index in [-0.39, 0.29) is 0 Å². The normalized spacial score (nSPS) is 11.6. The monoisotopic (exact) mass is 729 g/mol. The van der Waals surface area contributed by atoms with E-state index in [9.17, 15) is 0 Å². The van der Waals surface area contributed by atoms with Gasteiger partial charge in [0.25, 0.3) is 0 Å². The number of hydrogen-bond acceptors (Lipinski definition) is 2. The highest BCUT2D eigenvalue weighted by Gasteiger charge is 2.19. The van der Waals surface area contributed by atoms with Crippen molar-refractivity contribution in [2.75, 3.05) is 4.90 Å². The molecule has 0 saturated carbocycles. The van der Waals surface area contributed by atoms with Gasteiger partial charge in [-0.3, -0.25) is 0 Å². The molecule has 56 heavy (non-hydrogen) atoms. The molecule has 1 aromatic heterocycles. The molecule has 0 saturated heterocycles. The summed E-state index contributed by atoms with van der Waals surface area (Å²) >= 11 is 1.86. The lowest BCUT2D eigenvalue weighted by Gasteiger charge is -2.27. The van der Waals surface area contributed by atoms with Gasteiger partial charge in [0.2, 0.25) is 0 Å². The van der Waals surface area contributed by atoms with Crippen molar-refractivity contribution in [3.8, 4) is 33.4 Å². The predicted molar refractivity (Wildman–Crippen MR) is 243 cm³/mol. The molecule has 1 nitrogen and oxygen atoms in total. The molecule has 1 heterocycles. The minimum absolute atomic E-state index is 1.11. The first-order valence-electron chi connectivity index (χ1n) is 19.2. The highest BCUT2D eigenvalue weighted by atomic mass is 32.1. The fourth-order valence-corrected chi connectivity index (χ4v) is 9.78. The summed E-state index contributed by atoms with van der Waals surface area (Å²) in [5, 5.41) is 10.1. The fourth-order valence-electron chi connectivity index (χ4n) is 8.64. The molecule has 10 aromatic carbocycles. The maximum atomic E-state index is 2.44. The summed E-state index contributed by atoms with van der Waals surface area (Å²) < 4.78 is 2.59. The smallest absolute Gasteiger partial charge is 0.0476 e. The first kappa shape index (κ1) is 32.4. The Balaban J connectivity index is 1.12. The van der Waals surface area contributed by atoms with E-state index in [1.165, 1.54) is 85.9 Å². The number of nitrogens with zero attached hydrogens (tertiary/aromatic N) is 1. The van der Waals surface area contributed by atoms with Gasteiger partial charge in [-0.25, -0.2) is 0 Å². The van der Waals surface area contributed by atoms with Gasteiger partial charge in [0, 0.05) is 37.2 Å².